The van der Waals surface area contributed by atoms with Crippen LogP contribution in [-0.2, 0) is 0 Å². The van der Waals surface area contributed by atoms with Gasteiger partial charge in [0.2, 0.25) is 5.88 Å². The van der Waals surface area contributed by atoms with E-state index in [4.69, 9.17) is 0 Å². The highest BCUT2D eigenvalue weighted by Gasteiger charge is 2.08. The number of H-pyrrole nitrogens is 1. The van der Waals surface area contributed by atoms with Crippen LogP contribution in [0.5, 0.6) is 5.88 Å². The predicted octanol–water partition coefficient (Wildman–Crippen LogP) is 0.241. The highest BCUT2D eigenvalue weighted by molar-refractivity contribution is 5.43. The maximum absolute atomic E-state index is 11.3. The number of rotatable bonds is 1. The topological polar surface area (TPSA) is 91.8 Å². The van der Waals surface area contributed by atoms with Gasteiger partial charge in [-0.25, -0.2) is 9.97 Å². The lowest BCUT2D eigenvalue weighted by Crippen LogP contribution is -2.12. The summed E-state index contributed by atoms with van der Waals surface area (Å²) in [6.07, 6.45) is 3.05. The lowest BCUT2D eigenvalue weighted by atomic mass is 10.3. The third-order valence-electron chi connectivity index (χ3n) is 1.90. The lowest BCUT2D eigenvalue weighted by Gasteiger charge is -2.00. The van der Waals surface area contributed by atoms with E-state index >= 15 is 0 Å². The predicted molar refractivity (Wildman–Crippen MR) is 52.3 cm³/mol. The molecule has 76 valence electrons. The number of aromatic nitrogens is 4. The molecule has 0 aliphatic carbocycles. The van der Waals surface area contributed by atoms with Gasteiger partial charge in [0, 0.05) is 12.4 Å². The molecule has 6 nitrogen and oxygen atoms in total. The monoisotopic (exact) mass is 204 g/mol. The zero-order valence-electron chi connectivity index (χ0n) is 7.93. The van der Waals surface area contributed by atoms with Crippen LogP contribution in [0.25, 0.3) is 11.6 Å². The van der Waals surface area contributed by atoms with Gasteiger partial charge in [-0.3, -0.25) is 4.79 Å². The third kappa shape index (κ3) is 1.69. The van der Waals surface area contributed by atoms with Crippen molar-refractivity contribution in [1.82, 2.24) is 19.9 Å². The SMILES string of the molecule is Cc1c(O)nc(-c2ncccn2)[nH]c1=O. The van der Waals surface area contributed by atoms with Crippen LogP contribution in [0.4, 0.5) is 0 Å². The lowest BCUT2D eigenvalue weighted by molar-refractivity contribution is 0.447. The van der Waals surface area contributed by atoms with Crippen molar-refractivity contribution < 1.29 is 5.11 Å². The molecule has 0 aliphatic rings. The van der Waals surface area contributed by atoms with E-state index in [1.165, 1.54) is 19.3 Å². The van der Waals surface area contributed by atoms with Crippen LogP contribution in [-0.4, -0.2) is 25.0 Å². The fourth-order valence-corrected chi connectivity index (χ4v) is 1.05. The Morgan fingerprint density at radius 1 is 1.33 bits per heavy atom. The average molecular weight is 204 g/mol. The standard InChI is InChI=1S/C9H8N4O2/c1-5-8(14)12-7(13-9(5)15)6-10-3-2-4-11-6/h2-4H,1H3,(H2,12,13,14,15). The summed E-state index contributed by atoms with van der Waals surface area (Å²) < 4.78 is 0. The highest BCUT2D eigenvalue weighted by Crippen LogP contribution is 2.11. The molecule has 15 heavy (non-hydrogen) atoms. The molecule has 0 spiro atoms. The van der Waals surface area contributed by atoms with Crippen molar-refractivity contribution in [1.29, 1.82) is 0 Å². The summed E-state index contributed by atoms with van der Waals surface area (Å²) in [6.45, 7) is 1.48. The number of hydrogen-bond donors (Lipinski definition) is 2. The Hall–Kier alpha value is -2.24. The first-order valence-corrected chi connectivity index (χ1v) is 4.26. The second kappa shape index (κ2) is 3.49. The summed E-state index contributed by atoms with van der Waals surface area (Å²) in [6, 6.07) is 1.65. The molecule has 0 aromatic carbocycles. The maximum Gasteiger partial charge on any atom is 0.257 e. The summed E-state index contributed by atoms with van der Waals surface area (Å²) >= 11 is 0. The van der Waals surface area contributed by atoms with Crippen LogP contribution in [0.2, 0.25) is 0 Å². The number of nitrogens with zero attached hydrogens (tertiary/aromatic N) is 3. The molecular formula is C9H8N4O2. The molecule has 0 saturated carbocycles. The fraction of sp³-hybridized carbons (Fsp3) is 0.111. The Labute approximate surface area is 84.7 Å². The first-order valence-electron chi connectivity index (χ1n) is 4.26. The van der Waals surface area contributed by atoms with Gasteiger partial charge in [-0.05, 0) is 13.0 Å². The largest absolute Gasteiger partial charge is 0.493 e. The molecule has 0 fully saturated rings. The minimum Gasteiger partial charge on any atom is -0.493 e. The molecular weight excluding hydrogens is 196 g/mol. The number of aromatic hydroxyl groups is 1. The Balaban J connectivity index is 2.61. The maximum atomic E-state index is 11.3. The molecule has 0 radical (unpaired) electrons. The highest BCUT2D eigenvalue weighted by atomic mass is 16.3. The number of nitrogens with one attached hydrogen (secondary N) is 1. The van der Waals surface area contributed by atoms with Crippen molar-refractivity contribution >= 4 is 0 Å². The van der Waals surface area contributed by atoms with Crippen molar-refractivity contribution in [2.24, 2.45) is 0 Å². The zero-order valence-corrected chi connectivity index (χ0v) is 7.93. The number of hydrogen-bond acceptors (Lipinski definition) is 5. The molecule has 2 rings (SSSR count). The zero-order chi connectivity index (χ0) is 10.8. The summed E-state index contributed by atoms with van der Waals surface area (Å²) in [4.78, 5) is 25.4. The van der Waals surface area contributed by atoms with Crippen LogP contribution in [0.1, 0.15) is 5.56 Å². The minimum absolute atomic E-state index is 0.156. The van der Waals surface area contributed by atoms with E-state index < -0.39 is 5.56 Å². The molecule has 0 aliphatic heterocycles. The van der Waals surface area contributed by atoms with E-state index in [1.54, 1.807) is 6.07 Å². The van der Waals surface area contributed by atoms with Crippen molar-refractivity contribution in [2.45, 2.75) is 6.92 Å². The van der Waals surface area contributed by atoms with Crippen molar-refractivity contribution in [3.63, 3.8) is 0 Å². The van der Waals surface area contributed by atoms with Gasteiger partial charge >= 0.3 is 0 Å². The summed E-state index contributed by atoms with van der Waals surface area (Å²) in [5.74, 6) is 0.120. The quantitative estimate of drug-likeness (QED) is 0.694. The first kappa shape index (κ1) is 9.32. The van der Waals surface area contributed by atoms with Gasteiger partial charge in [0.15, 0.2) is 11.6 Å². The van der Waals surface area contributed by atoms with Gasteiger partial charge < -0.3 is 10.1 Å². The van der Waals surface area contributed by atoms with Gasteiger partial charge in [-0.15, -0.1) is 0 Å². The van der Waals surface area contributed by atoms with E-state index in [-0.39, 0.29) is 23.1 Å². The van der Waals surface area contributed by atoms with Crippen LogP contribution >= 0.6 is 0 Å². The Morgan fingerprint density at radius 3 is 2.60 bits per heavy atom. The van der Waals surface area contributed by atoms with Crippen LogP contribution < -0.4 is 5.56 Å². The molecule has 0 saturated heterocycles. The average Bonchev–Trinajstić information content (AvgIpc) is 2.26. The normalized spacial score (nSPS) is 10.2. The van der Waals surface area contributed by atoms with Gasteiger partial charge in [0.25, 0.3) is 5.56 Å². The van der Waals surface area contributed by atoms with Gasteiger partial charge in [0.1, 0.15) is 0 Å². The summed E-state index contributed by atoms with van der Waals surface area (Å²) in [7, 11) is 0. The molecule has 0 bridgehead atoms. The Bertz CT molecular complexity index is 536. The van der Waals surface area contributed by atoms with Gasteiger partial charge in [-0.1, -0.05) is 0 Å². The van der Waals surface area contributed by atoms with E-state index in [0.29, 0.717) is 0 Å². The van der Waals surface area contributed by atoms with Crippen LogP contribution in [0.3, 0.4) is 0 Å². The van der Waals surface area contributed by atoms with Gasteiger partial charge in [0.05, 0.1) is 5.56 Å². The summed E-state index contributed by atoms with van der Waals surface area (Å²) in [5.41, 5.74) is -0.223. The molecule has 0 amide bonds. The molecule has 2 aromatic heterocycles. The smallest absolute Gasteiger partial charge is 0.257 e. The van der Waals surface area contributed by atoms with Gasteiger partial charge in [-0.2, -0.15) is 4.98 Å². The molecule has 0 atom stereocenters. The van der Waals surface area contributed by atoms with E-state index in [9.17, 15) is 9.90 Å². The van der Waals surface area contributed by atoms with Crippen molar-refractivity contribution in [2.75, 3.05) is 0 Å². The first-order chi connectivity index (χ1) is 7.18. The Kier molecular flexibility index (Phi) is 2.17. The second-order valence-corrected chi connectivity index (χ2v) is 2.94. The molecule has 0 unspecified atom stereocenters. The number of aromatic amines is 1. The van der Waals surface area contributed by atoms with Crippen LogP contribution in [0.15, 0.2) is 23.3 Å². The third-order valence-corrected chi connectivity index (χ3v) is 1.90. The van der Waals surface area contributed by atoms with E-state index in [1.807, 2.05) is 0 Å². The summed E-state index contributed by atoms with van der Waals surface area (Å²) in [5, 5.41) is 9.36. The van der Waals surface area contributed by atoms with Crippen molar-refractivity contribution in [3.05, 3.63) is 34.4 Å². The van der Waals surface area contributed by atoms with Crippen LogP contribution in [0, 0.1) is 6.92 Å². The van der Waals surface area contributed by atoms with E-state index in [2.05, 4.69) is 19.9 Å². The van der Waals surface area contributed by atoms with E-state index in [0.717, 1.165) is 0 Å². The van der Waals surface area contributed by atoms with Crippen molar-refractivity contribution in [3.8, 4) is 17.5 Å². The Morgan fingerprint density at radius 2 is 2.00 bits per heavy atom. The molecule has 6 heteroatoms. The second-order valence-electron chi connectivity index (χ2n) is 2.94. The molecule has 2 N–H and O–H groups in total. The molecule has 2 heterocycles. The fourth-order valence-electron chi connectivity index (χ4n) is 1.05. The minimum atomic E-state index is -0.398. The molecule has 2 aromatic rings.